The first kappa shape index (κ1) is 22.2. The molecular weight excluding hydrogens is 473 g/mol. The summed E-state index contributed by atoms with van der Waals surface area (Å²) in [5.41, 5.74) is 2.34. The van der Waals surface area contributed by atoms with Crippen LogP contribution in [0.3, 0.4) is 0 Å². The second kappa shape index (κ2) is 9.65. The number of benzene rings is 3. The van der Waals surface area contributed by atoms with Crippen molar-refractivity contribution in [2.75, 3.05) is 7.11 Å². The predicted molar refractivity (Wildman–Crippen MR) is 126 cm³/mol. The van der Waals surface area contributed by atoms with E-state index in [1.165, 1.54) is 0 Å². The number of hydrogen-bond acceptors (Lipinski definition) is 5. The van der Waals surface area contributed by atoms with Crippen molar-refractivity contribution in [1.29, 1.82) is 0 Å². The maximum absolute atomic E-state index is 12.3. The smallest absolute Gasteiger partial charge is 0.363 e. The average molecular weight is 489 g/mol. The molecule has 1 aliphatic heterocycles. The molecule has 3 aromatic carbocycles. The van der Waals surface area contributed by atoms with Crippen molar-refractivity contribution < 1.29 is 19.0 Å². The molecular formula is C24H16Cl3NO4. The molecule has 4 rings (SSSR count). The predicted octanol–water partition coefficient (Wildman–Crippen LogP) is 6.58. The molecule has 5 nitrogen and oxygen atoms in total. The van der Waals surface area contributed by atoms with E-state index >= 15 is 0 Å². The molecule has 162 valence electrons. The Morgan fingerprint density at radius 2 is 1.81 bits per heavy atom. The van der Waals surface area contributed by atoms with Crippen LogP contribution in [0.1, 0.15) is 16.7 Å². The molecule has 0 unspecified atom stereocenters. The van der Waals surface area contributed by atoms with Crippen LogP contribution in [0, 0.1) is 0 Å². The molecule has 1 aliphatic rings. The van der Waals surface area contributed by atoms with Crippen LogP contribution in [-0.2, 0) is 16.1 Å². The maximum atomic E-state index is 12.3. The fourth-order valence-electron chi connectivity index (χ4n) is 3.00. The van der Waals surface area contributed by atoms with Gasteiger partial charge in [0, 0.05) is 10.6 Å². The quantitative estimate of drug-likeness (QED) is 0.290. The SMILES string of the molecule is COc1cc(/C=C2\N=C(c3ccc(Cl)c(Cl)c3)OC2=O)ccc1OCc1cccc(Cl)c1. The summed E-state index contributed by atoms with van der Waals surface area (Å²) in [5, 5.41) is 1.39. The van der Waals surface area contributed by atoms with Crippen molar-refractivity contribution >= 4 is 52.7 Å². The number of cyclic esters (lactones) is 1. The Morgan fingerprint density at radius 3 is 2.56 bits per heavy atom. The molecule has 0 aliphatic carbocycles. The third-order valence-electron chi connectivity index (χ3n) is 4.56. The van der Waals surface area contributed by atoms with E-state index in [4.69, 9.17) is 49.0 Å². The van der Waals surface area contributed by atoms with E-state index in [0.717, 1.165) is 5.56 Å². The zero-order chi connectivity index (χ0) is 22.7. The van der Waals surface area contributed by atoms with E-state index in [1.807, 2.05) is 18.2 Å². The van der Waals surface area contributed by atoms with Gasteiger partial charge in [-0.2, -0.15) is 0 Å². The standard InChI is InChI=1S/C24H16Cl3NO4/c1-30-22-11-14(5-8-21(22)31-13-15-3-2-4-17(25)9-15)10-20-24(29)32-23(28-20)16-6-7-18(26)19(27)12-16/h2-12H,13H2,1H3/b20-10-. The zero-order valence-electron chi connectivity index (χ0n) is 16.8. The molecule has 0 bridgehead atoms. The Hall–Kier alpha value is -2.99. The van der Waals surface area contributed by atoms with Gasteiger partial charge in [0.15, 0.2) is 17.2 Å². The molecule has 8 heteroatoms. The van der Waals surface area contributed by atoms with Crippen LogP contribution in [0.5, 0.6) is 11.5 Å². The highest BCUT2D eigenvalue weighted by Crippen LogP contribution is 2.31. The normalized spacial score (nSPS) is 14.3. The maximum Gasteiger partial charge on any atom is 0.363 e. The Bertz CT molecular complexity index is 1250. The number of methoxy groups -OCH3 is 1. The molecule has 0 amide bonds. The molecule has 0 N–H and O–H groups in total. The first-order valence-electron chi connectivity index (χ1n) is 9.46. The van der Waals surface area contributed by atoms with E-state index in [-0.39, 0.29) is 11.6 Å². The summed E-state index contributed by atoms with van der Waals surface area (Å²) >= 11 is 18.0. The van der Waals surface area contributed by atoms with E-state index in [9.17, 15) is 4.79 Å². The number of hydrogen-bond donors (Lipinski definition) is 0. The lowest BCUT2D eigenvalue weighted by Gasteiger charge is -2.11. The van der Waals surface area contributed by atoms with Crippen molar-refractivity contribution in [1.82, 2.24) is 0 Å². The molecule has 0 spiro atoms. The fourth-order valence-corrected chi connectivity index (χ4v) is 3.51. The highest BCUT2D eigenvalue weighted by molar-refractivity contribution is 6.42. The lowest BCUT2D eigenvalue weighted by atomic mass is 10.1. The van der Waals surface area contributed by atoms with Gasteiger partial charge in [-0.25, -0.2) is 9.79 Å². The van der Waals surface area contributed by atoms with E-state index in [1.54, 1.807) is 55.7 Å². The minimum atomic E-state index is -0.564. The van der Waals surface area contributed by atoms with Crippen LogP contribution in [0.2, 0.25) is 15.1 Å². The third-order valence-corrected chi connectivity index (χ3v) is 5.54. The number of esters is 1. The molecule has 0 aromatic heterocycles. The van der Waals surface area contributed by atoms with Crippen molar-refractivity contribution in [2.45, 2.75) is 6.61 Å². The van der Waals surface area contributed by atoms with E-state index in [2.05, 4.69) is 4.99 Å². The number of carbonyl (C=O) groups is 1. The summed E-state index contributed by atoms with van der Waals surface area (Å²) in [6, 6.07) is 17.6. The topological polar surface area (TPSA) is 57.1 Å². The number of halogens is 3. The van der Waals surface area contributed by atoms with Crippen LogP contribution in [0.25, 0.3) is 6.08 Å². The Morgan fingerprint density at radius 1 is 0.969 bits per heavy atom. The van der Waals surface area contributed by atoms with Gasteiger partial charge in [0.05, 0.1) is 17.2 Å². The van der Waals surface area contributed by atoms with Crippen molar-refractivity contribution in [3.8, 4) is 11.5 Å². The number of aliphatic imine (C=N–C) groups is 1. The van der Waals surface area contributed by atoms with E-state index < -0.39 is 5.97 Å². The summed E-state index contributed by atoms with van der Waals surface area (Å²) in [6.07, 6.45) is 1.61. The van der Waals surface area contributed by atoms with Gasteiger partial charge < -0.3 is 14.2 Å². The lowest BCUT2D eigenvalue weighted by molar-refractivity contribution is -0.129. The van der Waals surface area contributed by atoms with Gasteiger partial charge in [-0.3, -0.25) is 0 Å². The molecule has 1 heterocycles. The fraction of sp³-hybridized carbons (Fsp3) is 0.0833. The minimum Gasteiger partial charge on any atom is -0.493 e. The van der Waals surface area contributed by atoms with Gasteiger partial charge in [0.25, 0.3) is 0 Å². The average Bonchev–Trinajstić information content (AvgIpc) is 3.14. The minimum absolute atomic E-state index is 0.153. The van der Waals surface area contributed by atoms with Crippen LogP contribution < -0.4 is 9.47 Å². The second-order valence-electron chi connectivity index (χ2n) is 6.79. The first-order chi connectivity index (χ1) is 15.4. The molecule has 32 heavy (non-hydrogen) atoms. The molecule has 3 aromatic rings. The molecule has 0 fully saturated rings. The summed E-state index contributed by atoms with van der Waals surface area (Å²) in [6.45, 7) is 0.334. The van der Waals surface area contributed by atoms with Gasteiger partial charge in [-0.1, -0.05) is 53.0 Å². The number of carbonyl (C=O) groups excluding carboxylic acids is 1. The largest absolute Gasteiger partial charge is 0.493 e. The van der Waals surface area contributed by atoms with Crippen molar-refractivity contribution in [3.63, 3.8) is 0 Å². The highest BCUT2D eigenvalue weighted by Gasteiger charge is 2.24. The molecule has 0 atom stereocenters. The Labute approximate surface area is 199 Å². The lowest BCUT2D eigenvalue weighted by Crippen LogP contribution is -2.05. The summed E-state index contributed by atoms with van der Waals surface area (Å²) in [4.78, 5) is 16.6. The van der Waals surface area contributed by atoms with Crippen LogP contribution in [-0.4, -0.2) is 19.0 Å². The second-order valence-corrected chi connectivity index (χ2v) is 8.04. The molecule has 0 saturated heterocycles. The molecule has 0 radical (unpaired) electrons. The summed E-state index contributed by atoms with van der Waals surface area (Å²) in [5.74, 6) is 0.671. The van der Waals surface area contributed by atoms with Gasteiger partial charge in [-0.15, -0.1) is 0 Å². The van der Waals surface area contributed by atoms with Gasteiger partial charge in [0.2, 0.25) is 5.90 Å². The Kier molecular flexibility index (Phi) is 6.70. The van der Waals surface area contributed by atoms with E-state index in [0.29, 0.717) is 44.3 Å². The van der Waals surface area contributed by atoms with Crippen molar-refractivity contribution in [2.24, 2.45) is 4.99 Å². The van der Waals surface area contributed by atoms with Gasteiger partial charge in [-0.05, 0) is 59.7 Å². The zero-order valence-corrected chi connectivity index (χ0v) is 19.0. The van der Waals surface area contributed by atoms with Crippen molar-refractivity contribution in [3.05, 3.63) is 98.1 Å². The van der Waals surface area contributed by atoms with Crippen LogP contribution in [0.4, 0.5) is 0 Å². The number of ether oxygens (including phenoxy) is 3. The number of rotatable bonds is 6. The number of nitrogens with zero attached hydrogens (tertiary/aromatic N) is 1. The summed E-state index contributed by atoms with van der Waals surface area (Å²) < 4.78 is 16.6. The van der Waals surface area contributed by atoms with Gasteiger partial charge in [0.1, 0.15) is 6.61 Å². The van der Waals surface area contributed by atoms with Crippen LogP contribution in [0.15, 0.2) is 71.4 Å². The third kappa shape index (κ3) is 5.07. The van der Waals surface area contributed by atoms with Crippen LogP contribution >= 0.6 is 34.8 Å². The van der Waals surface area contributed by atoms with Gasteiger partial charge >= 0.3 is 5.97 Å². The Balaban J connectivity index is 1.54. The molecule has 0 saturated carbocycles. The first-order valence-corrected chi connectivity index (χ1v) is 10.6. The summed E-state index contributed by atoms with van der Waals surface area (Å²) in [7, 11) is 1.54. The highest BCUT2D eigenvalue weighted by atomic mass is 35.5. The monoisotopic (exact) mass is 487 g/mol.